The van der Waals surface area contributed by atoms with Gasteiger partial charge in [0.2, 0.25) is 0 Å². The summed E-state index contributed by atoms with van der Waals surface area (Å²) in [6.07, 6.45) is 5.73. The van der Waals surface area contributed by atoms with Gasteiger partial charge in [0.1, 0.15) is 17.0 Å². The second-order valence-electron chi connectivity index (χ2n) is 8.00. The van der Waals surface area contributed by atoms with E-state index in [1.54, 1.807) is 24.3 Å². The highest BCUT2D eigenvalue weighted by atomic mass is 19.1. The van der Waals surface area contributed by atoms with Crippen LogP contribution in [0.2, 0.25) is 0 Å². The second kappa shape index (κ2) is 7.67. The summed E-state index contributed by atoms with van der Waals surface area (Å²) in [6, 6.07) is 9.11. The average Bonchev–Trinajstić information content (AvgIpc) is 3.42. The van der Waals surface area contributed by atoms with Crippen LogP contribution in [0.1, 0.15) is 31.5 Å². The number of phenolic OH excluding ortho intramolecular Hbond substituents is 1. The zero-order chi connectivity index (χ0) is 21.5. The number of halogens is 1. The molecule has 0 spiro atoms. The first-order chi connectivity index (χ1) is 15.0. The fourth-order valence-electron chi connectivity index (χ4n) is 4.14. The van der Waals surface area contributed by atoms with Crippen molar-refractivity contribution < 1.29 is 9.50 Å². The number of aryl methyl sites for hydroxylation is 1. The van der Waals surface area contributed by atoms with Crippen LogP contribution < -0.4 is 5.32 Å². The number of hydrogen-bond acceptors (Lipinski definition) is 4. The fraction of sp³-hybridized carbons (Fsp3) is 0.250. The predicted molar refractivity (Wildman–Crippen MR) is 120 cm³/mol. The Morgan fingerprint density at radius 2 is 2.03 bits per heavy atom. The molecule has 1 aliphatic rings. The minimum atomic E-state index is -0.364. The average molecular weight is 417 g/mol. The lowest BCUT2D eigenvalue weighted by Crippen LogP contribution is -2.30. The normalized spacial score (nSPS) is 16.6. The van der Waals surface area contributed by atoms with E-state index in [2.05, 4.69) is 33.5 Å². The van der Waals surface area contributed by atoms with Crippen molar-refractivity contribution in [3.05, 3.63) is 59.7 Å². The largest absolute Gasteiger partial charge is 0.508 e. The molecule has 0 fully saturated rings. The number of aromatic amines is 2. The zero-order valence-corrected chi connectivity index (χ0v) is 17.5. The van der Waals surface area contributed by atoms with Gasteiger partial charge in [0.05, 0.1) is 5.69 Å². The molecule has 5 rings (SSSR count). The summed E-state index contributed by atoms with van der Waals surface area (Å²) >= 11 is 0. The molecule has 31 heavy (non-hydrogen) atoms. The lowest BCUT2D eigenvalue weighted by molar-refractivity contribution is 0.474. The number of imidazole rings is 1. The number of H-pyrrole nitrogens is 2. The summed E-state index contributed by atoms with van der Waals surface area (Å²) in [4.78, 5) is 7.89. The lowest BCUT2D eigenvalue weighted by atomic mass is 9.96. The van der Waals surface area contributed by atoms with E-state index in [-0.39, 0.29) is 11.6 Å². The fourth-order valence-corrected chi connectivity index (χ4v) is 4.14. The van der Waals surface area contributed by atoms with E-state index in [4.69, 9.17) is 4.98 Å². The van der Waals surface area contributed by atoms with Gasteiger partial charge in [0, 0.05) is 29.7 Å². The van der Waals surface area contributed by atoms with Crippen LogP contribution in [0.5, 0.6) is 5.75 Å². The first kappa shape index (κ1) is 19.5. The van der Waals surface area contributed by atoms with E-state index in [0.717, 1.165) is 35.4 Å². The third-order valence-electron chi connectivity index (χ3n) is 5.93. The minimum absolute atomic E-state index is 0.178. The Labute approximate surface area is 179 Å². The number of aromatic nitrogens is 4. The van der Waals surface area contributed by atoms with Gasteiger partial charge < -0.3 is 15.4 Å². The van der Waals surface area contributed by atoms with Crippen molar-refractivity contribution >= 4 is 16.5 Å². The van der Waals surface area contributed by atoms with Crippen LogP contribution in [-0.4, -0.2) is 37.9 Å². The molecule has 0 amide bonds. The molecule has 2 aromatic carbocycles. The molecule has 0 aliphatic carbocycles. The van der Waals surface area contributed by atoms with Gasteiger partial charge in [0.25, 0.3) is 0 Å². The van der Waals surface area contributed by atoms with Gasteiger partial charge in [-0.1, -0.05) is 25.1 Å². The number of benzene rings is 2. The van der Waals surface area contributed by atoms with Crippen LogP contribution in [0.4, 0.5) is 4.39 Å². The predicted octanol–water partition coefficient (Wildman–Crippen LogP) is 4.79. The van der Waals surface area contributed by atoms with Gasteiger partial charge in [-0.05, 0) is 54.7 Å². The van der Waals surface area contributed by atoms with Crippen LogP contribution in [0.3, 0.4) is 0 Å². The Hall–Kier alpha value is -3.45. The Kier molecular flexibility index (Phi) is 4.82. The third-order valence-corrected chi connectivity index (χ3v) is 5.93. The number of fused-ring (bicyclic) bond motifs is 1. The molecule has 158 valence electrons. The van der Waals surface area contributed by atoms with Crippen molar-refractivity contribution in [3.63, 3.8) is 0 Å². The first-order valence-electron chi connectivity index (χ1n) is 10.5. The van der Waals surface area contributed by atoms with Crippen LogP contribution in [0, 0.1) is 5.82 Å². The molecule has 0 radical (unpaired) electrons. The van der Waals surface area contributed by atoms with Crippen molar-refractivity contribution in [2.24, 2.45) is 0 Å². The molecule has 6 nitrogen and oxygen atoms in total. The van der Waals surface area contributed by atoms with Gasteiger partial charge in [-0.15, -0.1) is 0 Å². The third kappa shape index (κ3) is 3.41. The number of phenols is 1. The highest BCUT2D eigenvalue weighted by Crippen LogP contribution is 2.35. The molecule has 0 saturated carbocycles. The zero-order valence-electron chi connectivity index (χ0n) is 17.5. The van der Waals surface area contributed by atoms with E-state index in [1.165, 1.54) is 0 Å². The summed E-state index contributed by atoms with van der Waals surface area (Å²) in [6.45, 7) is 4.91. The van der Waals surface area contributed by atoms with Gasteiger partial charge in [-0.25, -0.2) is 9.37 Å². The van der Waals surface area contributed by atoms with Crippen molar-refractivity contribution in [2.45, 2.75) is 32.7 Å². The minimum Gasteiger partial charge on any atom is -0.508 e. The number of hydrogen-bond donors (Lipinski definition) is 4. The smallest absolute Gasteiger partial charge is 0.159 e. The quantitative estimate of drug-likeness (QED) is 0.384. The number of nitrogens with zero attached hydrogens (tertiary/aromatic N) is 2. The molecule has 2 aromatic heterocycles. The second-order valence-corrected chi connectivity index (χ2v) is 8.00. The van der Waals surface area contributed by atoms with E-state index >= 15 is 4.39 Å². The van der Waals surface area contributed by atoms with Gasteiger partial charge in [-0.2, -0.15) is 5.10 Å². The molecule has 1 aliphatic heterocycles. The monoisotopic (exact) mass is 417 g/mol. The molecule has 4 N–H and O–H groups in total. The Morgan fingerprint density at radius 3 is 2.81 bits per heavy atom. The van der Waals surface area contributed by atoms with E-state index in [1.807, 2.05) is 19.2 Å². The molecule has 3 heterocycles. The SMILES string of the molecule is CCc1cc(O)ccc1-c1ccc2c(-c3nc(C4=CC[C@H](C)NC4)c[nH]3)n[nH]c2c1F. The van der Waals surface area contributed by atoms with Crippen LogP contribution >= 0.6 is 0 Å². The molecule has 7 heteroatoms. The Morgan fingerprint density at radius 1 is 1.19 bits per heavy atom. The Bertz CT molecular complexity index is 1300. The lowest BCUT2D eigenvalue weighted by Gasteiger charge is -2.18. The van der Waals surface area contributed by atoms with Crippen molar-refractivity contribution in [2.75, 3.05) is 6.54 Å². The topological polar surface area (TPSA) is 89.6 Å². The molecular formula is C24H24FN5O. The maximum Gasteiger partial charge on any atom is 0.159 e. The van der Waals surface area contributed by atoms with Crippen molar-refractivity contribution in [1.82, 2.24) is 25.5 Å². The van der Waals surface area contributed by atoms with E-state index in [9.17, 15) is 5.11 Å². The Balaban J connectivity index is 1.54. The van der Waals surface area contributed by atoms with Crippen molar-refractivity contribution in [3.8, 4) is 28.4 Å². The van der Waals surface area contributed by atoms with E-state index < -0.39 is 0 Å². The molecule has 0 unspecified atom stereocenters. The van der Waals surface area contributed by atoms with Crippen molar-refractivity contribution in [1.29, 1.82) is 0 Å². The molecule has 0 bridgehead atoms. The standard InChI is InChI=1S/C24H24FN5O/c1-3-14-10-16(31)6-7-17(14)18-8-9-19-22(21(18)25)29-30-23(19)24-27-12-20(28-24)15-5-4-13(2)26-11-15/h5-10,12-13,26,31H,3-4,11H2,1-2H3,(H,27,28)(H,29,30)/t13-/m0/s1. The summed E-state index contributed by atoms with van der Waals surface area (Å²) < 4.78 is 15.5. The molecule has 0 saturated heterocycles. The van der Waals surface area contributed by atoms with Crippen LogP contribution in [-0.2, 0) is 6.42 Å². The number of aromatic hydroxyl groups is 1. The highest BCUT2D eigenvalue weighted by Gasteiger charge is 2.20. The maximum atomic E-state index is 15.5. The highest BCUT2D eigenvalue weighted by molar-refractivity contribution is 5.95. The summed E-state index contributed by atoms with van der Waals surface area (Å²) in [5.41, 5.74) is 5.08. The molecule has 4 aromatic rings. The molecular weight excluding hydrogens is 393 g/mol. The van der Waals surface area contributed by atoms with Crippen LogP contribution in [0.25, 0.3) is 39.1 Å². The number of nitrogens with one attached hydrogen (secondary N) is 3. The van der Waals surface area contributed by atoms with Gasteiger partial charge in [-0.3, -0.25) is 5.10 Å². The summed E-state index contributed by atoms with van der Waals surface area (Å²) in [5.74, 6) is 0.417. The number of rotatable bonds is 4. The summed E-state index contributed by atoms with van der Waals surface area (Å²) in [5, 5.41) is 21.1. The van der Waals surface area contributed by atoms with Crippen LogP contribution in [0.15, 0.2) is 42.6 Å². The maximum absolute atomic E-state index is 15.5. The summed E-state index contributed by atoms with van der Waals surface area (Å²) in [7, 11) is 0. The molecule has 1 atom stereocenters. The van der Waals surface area contributed by atoms with Gasteiger partial charge in [0.15, 0.2) is 11.6 Å². The van der Waals surface area contributed by atoms with E-state index in [0.29, 0.717) is 40.4 Å². The van der Waals surface area contributed by atoms with Gasteiger partial charge >= 0.3 is 0 Å². The first-order valence-corrected chi connectivity index (χ1v) is 10.5.